The van der Waals surface area contributed by atoms with Crippen LogP contribution in [0.1, 0.15) is 0 Å². The van der Waals surface area contributed by atoms with Crippen molar-refractivity contribution in [1.29, 1.82) is 0 Å². The molecule has 0 bridgehead atoms. The highest BCUT2D eigenvalue weighted by molar-refractivity contribution is 6.27. The van der Waals surface area contributed by atoms with Crippen LogP contribution in [-0.4, -0.2) is 16.2 Å². The maximum absolute atomic E-state index is 6.68. The normalized spacial score (nSPS) is 16.8. The predicted molar refractivity (Wildman–Crippen MR) is 149 cm³/mol. The van der Waals surface area contributed by atoms with Crippen molar-refractivity contribution >= 4 is 66.3 Å². The lowest BCUT2D eigenvalue weighted by Crippen LogP contribution is -2.30. The summed E-state index contributed by atoms with van der Waals surface area (Å²) >= 11 is 0. The van der Waals surface area contributed by atoms with Crippen LogP contribution >= 0.6 is 0 Å². The first-order valence-corrected chi connectivity index (χ1v) is 12.3. The zero-order chi connectivity index (χ0) is 23.4. The van der Waals surface area contributed by atoms with Crippen molar-refractivity contribution in [3.8, 4) is 11.1 Å². The van der Waals surface area contributed by atoms with Crippen molar-refractivity contribution in [3.05, 3.63) is 103 Å². The minimum Gasteiger partial charge on any atom is -0.454 e. The standard InChI is InChI=1S/C32H19N3O/c1-2-7-18(8-3-1)19-13-14-20-23-16-15-22-21-9-6-10-24-28-32(34-26-12-5-4-11-25(26)33-28)35(29(21)24)30(22)31(23)36-27(20)17-19/h1-17,26,34H. The second kappa shape index (κ2) is 6.43. The van der Waals surface area contributed by atoms with Crippen molar-refractivity contribution in [1.82, 2.24) is 4.40 Å². The van der Waals surface area contributed by atoms with Gasteiger partial charge in [0.05, 0.1) is 22.8 Å². The van der Waals surface area contributed by atoms with Crippen molar-refractivity contribution in [3.63, 3.8) is 0 Å². The SMILES string of the molecule is C1=CC2=Nc3c(n4c5c3cccc5c3ccc5c6ccc(-c7ccccc7)cc6oc5c34)NC2C=C1. The summed E-state index contributed by atoms with van der Waals surface area (Å²) in [6.45, 7) is 0. The fourth-order valence-electron chi connectivity index (χ4n) is 6.12. The Hall–Kier alpha value is -4.83. The van der Waals surface area contributed by atoms with E-state index >= 15 is 0 Å². The quantitative estimate of drug-likeness (QED) is 0.267. The summed E-state index contributed by atoms with van der Waals surface area (Å²) in [6, 6.07) is 28.0. The van der Waals surface area contributed by atoms with Crippen LogP contribution in [0, 0.1) is 0 Å². The molecule has 4 heteroatoms. The van der Waals surface area contributed by atoms with Gasteiger partial charge in [-0.2, -0.15) is 0 Å². The summed E-state index contributed by atoms with van der Waals surface area (Å²) in [4.78, 5) is 5.10. The Kier molecular flexibility index (Phi) is 3.30. The molecule has 0 saturated heterocycles. The largest absolute Gasteiger partial charge is 0.454 e. The van der Waals surface area contributed by atoms with Gasteiger partial charge in [-0.1, -0.05) is 78.9 Å². The summed E-state index contributed by atoms with van der Waals surface area (Å²) < 4.78 is 9.02. The third-order valence-corrected chi connectivity index (χ3v) is 7.73. The van der Waals surface area contributed by atoms with Crippen LogP contribution in [0.2, 0.25) is 0 Å². The second-order valence-corrected chi connectivity index (χ2v) is 9.65. The number of anilines is 1. The van der Waals surface area contributed by atoms with Gasteiger partial charge in [-0.05, 0) is 35.4 Å². The van der Waals surface area contributed by atoms with Crippen LogP contribution in [0.15, 0.2) is 113 Å². The number of aliphatic imine (C=N–C) groups is 1. The molecule has 0 saturated carbocycles. The van der Waals surface area contributed by atoms with Crippen LogP contribution in [-0.2, 0) is 0 Å². The van der Waals surface area contributed by atoms with Gasteiger partial charge in [-0.25, -0.2) is 4.99 Å². The van der Waals surface area contributed by atoms with Crippen LogP contribution < -0.4 is 5.32 Å². The molecule has 4 aromatic carbocycles. The molecule has 1 aliphatic heterocycles. The lowest BCUT2D eigenvalue weighted by Gasteiger charge is -2.23. The molecule has 9 rings (SSSR count). The third-order valence-electron chi connectivity index (χ3n) is 7.73. The van der Waals surface area contributed by atoms with Crippen molar-refractivity contribution < 1.29 is 4.42 Å². The summed E-state index contributed by atoms with van der Waals surface area (Å²) in [5.74, 6) is 1.03. The lowest BCUT2D eigenvalue weighted by molar-refractivity contribution is 0.671. The van der Waals surface area contributed by atoms with Crippen LogP contribution in [0.3, 0.4) is 0 Å². The second-order valence-electron chi connectivity index (χ2n) is 9.65. The van der Waals surface area contributed by atoms with E-state index in [9.17, 15) is 0 Å². The number of allylic oxidation sites excluding steroid dienone is 2. The Morgan fingerprint density at radius 3 is 2.50 bits per heavy atom. The maximum Gasteiger partial charge on any atom is 0.160 e. The van der Waals surface area contributed by atoms with E-state index in [-0.39, 0.29) is 6.04 Å². The topological polar surface area (TPSA) is 41.9 Å². The van der Waals surface area contributed by atoms with E-state index in [1.54, 1.807) is 0 Å². The molecule has 1 N–H and O–H groups in total. The number of para-hydroxylation sites is 1. The van der Waals surface area contributed by atoms with Gasteiger partial charge in [0.1, 0.15) is 17.1 Å². The minimum atomic E-state index is 0.0684. The van der Waals surface area contributed by atoms with Gasteiger partial charge in [0.2, 0.25) is 0 Å². The number of nitrogens with one attached hydrogen (secondary N) is 1. The first-order valence-electron chi connectivity index (χ1n) is 12.3. The van der Waals surface area contributed by atoms with Crippen molar-refractivity contribution in [2.75, 3.05) is 5.32 Å². The van der Waals surface area contributed by atoms with E-state index in [0.29, 0.717) is 0 Å². The van der Waals surface area contributed by atoms with Gasteiger partial charge in [0.25, 0.3) is 0 Å². The Labute approximate surface area is 205 Å². The number of hydrogen-bond acceptors (Lipinski definition) is 3. The Bertz CT molecular complexity index is 2120. The molecule has 7 aromatic rings. The molecular formula is C32H19N3O. The maximum atomic E-state index is 6.68. The van der Waals surface area contributed by atoms with E-state index in [4.69, 9.17) is 9.41 Å². The summed E-state index contributed by atoms with van der Waals surface area (Å²) in [5.41, 5.74) is 8.50. The summed E-state index contributed by atoms with van der Waals surface area (Å²) in [7, 11) is 0. The highest BCUT2D eigenvalue weighted by Crippen LogP contribution is 2.48. The number of aromatic nitrogens is 1. The number of rotatable bonds is 1. The number of fused-ring (bicyclic) bond motifs is 11. The van der Waals surface area contributed by atoms with Gasteiger partial charge in [0.15, 0.2) is 5.58 Å². The molecule has 0 radical (unpaired) electrons. The molecule has 4 heterocycles. The lowest BCUT2D eigenvalue weighted by atomic mass is 10.0. The molecule has 0 fully saturated rings. The van der Waals surface area contributed by atoms with Gasteiger partial charge in [0, 0.05) is 26.9 Å². The van der Waals surface area contributed by atoms with Crippen molar-refractivity contribution in [2.45, 2.75) is 6.04 Å². The van der Waals surface area contributed by atoms with E-state index in [0.717, 1.165) is 55.6 Å². The number of benzene rings is 4. The molecule has 4 nitrogen and oxygen atoms in total. The van der Waals surface area contributed by atoms with Crippen LogP contribution in [0.4, 0.5) is 11.5 Å². The highest BCUT2D eigenvalue weighted by atomic mass is 16.3. The summed E-state index contributed by atoms with van der Waals surface area (Å²) in [5, 5.41) is 9.61. The number of nitrogens with zero attached hydrogens (tertiary/aromatic N) is 2. The molecule has 3 aromatic heterocycles. The molecule has 0 spiro atoms. The average molecular weight is 462 g/mol. The zero-order valence-corrected chi connectivity index (χ0v) is 19.2. The van der Waals surface area contributed by atoms with E-state index in [2.05, 4.69) is 107 Å². The van der Waals surface area contributed by atoms with Gasteiger partial charge in [-0.15, -0.1) is 0 Å². The molecule has 168 valence electrons. The molecule has 36 heavy (non-hydrogen) atoms. The fraction of sp³-hybridized carbons (Fsp3) is 0.0312. The summed E-state index contributed by atoms with van der Waals surface area (Å²) in [6.07, 6.45) is 8.39. The van der Waals surface area contributed by atoms with Gasteiger partial charge >= 0.3 is 0 Å². The highest BCUT2D eigenvalue weighted by Gasteiger charge is 2.29. The minimum absolute atomic E-state index is 0.0684. The number of furan rings is 1. The Morgan fingerprint density at radius 1 is 0.722 bits per heavy atom. The predicted octanol–water partition coefficient (Wildman–Crippen LogP) is 8.24. The fourth-order valence-corrected chi connectivity index (χ4v) is 6.12. The Morgan fingerprint density at radius 2 is 1.56 bits per heavy atom. The first-order chi connectivity index (χ1) is 17.8. The monoisotopic (exact) mass is 461 g/mol. The molecule has 1 aliphatic carbocycles. The Balaban J connectivity index is 1.41. The van der Waals surface area contributed by atoms with Gasteiger partial charge < -0.3 is 9.73 Å². The third kappa shape index (κ3) is 2.22. The molecule has 1 atom stereocenters. The van der Waals surface area contributed by atoms with Gasteiger partial charge in [-0.3, -0.25) is 4.40 Å². The molecule has 1 unspecified atom stereocenters. The van der Waals surface area contributed by atoms with Crippen LogP contribution in [0.25, 0.3) is 60.3 Å². The van der Waals surface area contributed by atoms with Crippen LogP contribution in [0.5, 0.6) is 0 Å². The van der Waals surface area contributed by atoms with E-state index in [1.807, 2.05) is 6.07 Å². The molecule has 0 amide bonds. The smallest absolute Gasteiger partial charge is 0.160 e. The van der Waals surface area contributed by atoms with E-state index < -0.39 is 0 Å². The molecule has 2 aliphatic rings. The zero-order valence-electron chi connectivity index (χ0n) is 19.2. The number of hydrogen-bond donors (Lipinski definition) is 1. The molecular weight excluding hydrogens is 442 g/mol. The average Bonchev–Trinajstić information content (AvgIpc) is 3.58. The first kappa shape index (κ1) is 18.5. The van der Waals surface area contributed by atoms with Crippen molar-refractivity contribution in [2.24, 2.45) is 4.99 Å². The van der Waals surface area contributed by atoms with E-state index in [1.165, 1.54) is 21.9 Å².